The number of aromatic hydroxyl groups is 2. The zero-order valence-corrected chi connectivity index (χ0v) is 28.8. The molecule has 7 aromatic rings. The summed E-state index contributed by atoms with van der Waals surface area (Å²) in [7, 11) is 0. The van der Waals surface area contributed by atoms with Crippen LogP contribution in [0.25, 0.3) is 21.5 Å². The zero-order chi connectivity index (χ0) is 39.4. The maximum Gasteiger partial charge on any atom is 0.416 e. The highest BCUT2D eigenvalue weighted by atomic mass is 19.4. The maximum atomic E-state index is 13.2. The van der Waals surface area contributed by atoms with Gasteiger partial charge in [-0.1, -0.05) is 48.5 Å². The molecule has 0 saturated heterocycles. The van der Waals surface area contributed by atoms with E-state index < -0.39 is 23.7 Å². The van der Waals surface area contributed by atoms with Gasteiger partial charge in [0.05, 0.1) is 16.9 Å². The average Bonchev–Trinajstić information content (AvgIpc) is 3.20. The molecular formula is C42H27F3N6O5. The van der Waals surface area contributed by atoms with E-state index in [0.717, 1.165) is 29.0 Å². The Balaban J connectivity index is 1.00. The van der Waals surface area contributed by atoms with E-state index in [4.69, 9.17) is 0 Å². The molecule has 276 valence electrons. The molecule has 7 rings (SSSR count). The first-order valence-corrected chi connectivity index (χ1v) is 16.8. The van der Waals surface area contributed by atoms with Crippen molar-refractivity contribution in [2.24, 2.45) is 20.5 Å². The summed E-state index contributed by atoms with van der Waals surface area (Å²) in [6, 6.07) is 33.9. The van der Waals surface area contributed by atoms with Crippen LogP contribution in [0.15, 0.2) is 160 Å². The number of benzene rings is 7. The average molecular weight is 753 g/mol. The number of nitrogens with zero attached hydrogens (tertiary/aromatic N) is 4. The number of azo groups is 2. The first kappa shape index (κ1) is 36.6. The summed E-state index contributed by atoms with van der Waals surface area (Å²) in [5.74, 6) is -1.26. The van der Waals surface area contributed by atoms with Crippen molar-refractivity contribution in [2.75, 3.05) is 5.32 Å². The lowest BCUT2D eigenvalue weighted by atomic mass is 10.0. The number of phenols is 2. The molecule has 0 aromatic heterocycles. The molecule has 56 heavy (non-hydrogen) atoms. The number of phenolic OH excluding ortho intramolecular Hbond substituents is 2. The Morgan fingerprint density at radius 1 is 0.536 bits per heavy atom. The fourth-order valence-corrected chi connectivity index (χ4v) is 5.75. The van der Waals surface area contributed by atoms with Crippen molar-refractivity contribution in [2.45, 2.75) is 6.18 Å². The molecular weight excluding hydrogens is 725 g/mol. The number of carbonyl (C=O) groups excluding carboxylic acids is 3. The van der Waals surface area contributed by atoms with Gasteiger partial charge in [-0.25, -0.2) is 4.79 Å². The first-order valence-electron chi connectivity index (χ1n) is 16.8. The third-order valence-electron chi connectivity index (χ3n) is 8.58. The van der Waals surface area contributed by atoms with Crippen molar-refractivity contribution in [1.29, 1.82) is 0 Å². The third kappa shape index (κ3) is 8.09. The van der Waals surface area contributed by atoms with Crippen LogP contribution in [-0.4, -0.2) is 27.9 Å². The number of halogens is 3. The molecule has 0 bridgehead atoms. The van der Waals surface area contributed by atoms with E-state index in [2.05, 4.69) is 31.1 Å². The Labute approximate surface area is 315 Å². The van der Waals surface area contributed by atoms with Crippen LogP contribution >= 0.6 is 0 Å². The van der Waals surface area contributed by atoms with Crippen LogP contribution in [0, 0.1) is 0 Å². The molecule has 0 heterocycles. The lowest BCUT2D eigenvalue weighted by molar-refractivity contribution is -0.137. The molecule has 0 aliphatic heterocycles. The molecule has 11 nitrogen and oxygen atoms in total. The fraction of sp³-hybridized carbons (Fsp3) is 0.0238. The normalized spacial score (nSPS) is 11.7. The Kier molecular flexibility index (Phi) is 10.0. The van der Waals surface area contributed by atoms with Crippen LogP contribution in [0.4, 0.5) is 46.4 Å². The van der Waals surface area contributed by atoms with Gasteiger partial charge in [0.1, 0.15) is 22.9 Å². The first-order chi connectivity index (χ1) is 26.9. The molecule has 4 N–H and O–H groups in total. The second-order valence-corrected chi connectivity index (χ2v) is 12.3. The van der Waals surface area contributed by atoms with E-state index in [1.807, 2.05) is 24.3 Å². The topological polar surface area (TPSA) is 165 Å². The summed E-state index contributed by atoms with van der Waals surface area (Å²) in [5.41, 5.74) is 1.07. The van der Waals surface area contributed by atoms with Crippen LogP contribution in [0.3, 0.4) is 0 Å². The van der Waals surface area contributed by atoms with E-state index in [-0.39, 0.29) is 34.2 Å². The Morgan fingerprint density at radius 2 is 1.09 bits per heavy atom. The van der Waals surface area contributed by atoms with Crippen LogP contribution in [0.5, 0.6) is 11.5 Å². The Bertz CT molecular complexity index is 2720. The molecule has 0 aliphatic rings. The van der Waals surface area contributed by atoms with Crippen molar-refractivity contribution >= 4 is 67.7 Å². The maximum absolute atomic E-state index is 13.2. The standard InChI is InChI=1S/C42H27F3N6O5/c43-42(44,45)29-5-3-6-32(23-29)46-41(56)47-40(55)28-12-19-34-27(22-28)14-21-36(53)38(34)51-49-31-17-10-26(11-18-31)39(54)25-8-15-30(16-9-25)48-50-37-33-7-2-1-4-24(33)13-20-35(37)52/h1-23,52-53H,(H2,46,47,55,56). The monoisotopic (exact) mass is 752 g/mol. The van der Waals surface area contributed by atoms with Gasteiger partial charge in [-0.2, -0.15) is 23.4 Å². The van der Waals surface area contributed by atoms with Crippen LogP contribution in [0.1, 0.15) is 31.8 Å². The SMILES string of the molecule is O=C(NC(=O)c1ccc2c(N=Nc3ccc(C(=O)c4ccc(N=Nc5c(O)ccc6ccccc56)cc4)cc3)c(O)ccc2c1)Nc1cccc(C(F)(F)F)c1. The molecule has 0 aliphatic carbocycles. The van der Waals surface area contributed by atoms with Gasteiger partial charge in [-0.3, -0.25) is 14.9 Å². The summed E-state index contributed by atoms with van der Waals surface area (Å²) in [6.45, 7) is 0. The largest absolute Gasteiger partial charge is 0.506 e. The number of anilines is 1. The predicted molar refractivity (Wildman–Crippen MR) is 204 cm³/mol. The highest BCUT2D eigenvalue weighted by molar-refractivity contribution is 6.10. The number of hydrogen-bond donors (Lipinski definition) is 4. The van der Waals surface area contributed by atoms with Crippen LogP contribution in [-0.2, 0) is 6.18 Å². The minimum Gasteiger partial charge on any atom is -0.506 e. The molecule has 0 radical (unpaired) electrons. The molecule has 0 spiro atoms. The minimum absolute atomic E-state index is 0.000818. The number of ketones is 1. The number of alkyl halides is 3. The van der Waals surface area contributed by atoms with Gasteiger partial charge in [-0.05, 0) is 102 Å². The van der Waals surface area contributed by atoms with Gasteiger partial charge < -0.3 is 15.5 Å². The van der Waals surface area contributed by atoms with Crippen LogP contribution < -0.4 is 10.6 Å². The van der Waals surface area contributed by atoms with Gasteiger partial charge in [0.2, 0.25) is 0 Å². The van der Waals surface area contributed by atoms with E-state index >= 15 is 0 Å². The smallest absolute Gasteiger partial charge is 0.416 e. The van der Waals surface area contributed by atoms with Crippen molar-refractivity contribution in [3.05, 3.63) is 162 Å². The van der Waals surface area contributed by atoms with E-state index in [1.165, 1.54) is 36.4 Å². The fourth-order valence-electron chi connectivity index (χ4n) is 5.75. The number of fused-ring (bicyclic) bond motifs is 2. The van der Waals surface area contributed by atoms with Crippen molar-refractivity contribution in [1.82, 2.24) is 5.32 Å². The molecule has 0 saturated carbocycles. The summed E-state index contributed by atoms with van der Waals surface area (Å²) in [6.07, 6.45) is -4.61. The van der Waals surface area contributed by atoms with Gasteiger partial charge in [0, 0.05) is 33.2 Å². The lowest BCUT2D eigenvalue weighted by Gasteiger charge is -2.11. The number of carbonyl (C=O) groups is 3. The van der Waals surface area contributed by atoms with Gasteiger partial charge in [-0.15, -0.1) is 10.2 Å². The molecule has 7 aromatic carbocycles. The zero-order valence-electron chi connectivity index (χ0n) is 28.8. The second-order valence-electron chi connectivity index (χ2n) is 12.3. The highest BCUT2D eigenvalue weighted by Crippen LogP contribution is 2.38. The summed E-state index contributed by atoms with van der Waals surface area (Å²) in [4.78, 5) is 38.4. The summed E-state index contributed by atoms with van der Waals surface area (Å²) in [5, 5.41) is 44.7. The second kappa shape index (κ2) is 15.3. The number of rotatable bonds is 8. The van der Waals surface area contributed by atoms with E-state index in [0.29, 0.717) is 39.0 Å². The summed E-state index contributed by atoms with van der Waals surface area (Å²) < 4.78 is 39.0. The van der Waals surface area contributed by atoms with Gasteiger partial charge >= 0.3 is 12.2 Å². The molecule has 0 atom stereocenters. The van der Waals surface area contributed by atoms with E-state index in [1.54, 1.807) is 60.7 Å². The van der Waals surface area contributed by atoms with Crippen LogP contribution in [0.2, 0.25) is 0 Å². The summed E-state index contributed by atoms with van der Waals surface area (Å²) >= 11 is 0. The predicted octanol–water partition coefficient (Wildman–Crippen LogP) is 11.4. The third-order valence-corrected chi connectivity index (χ3v) is 8.58. The van der Waals surface area contributed by atoms with Gasteiger partial charge in [0.25, 0.3) is 5.91 Å². The molecule has 0 unspecified atom stereocenters. The number of amides is 3. The lowest BCUT2D eigenvalue weighted by Crippen LogP contribution is -2.34. The Hall–Kier alpha value is -7.74. The van der Waals surface area contributed by atoms with Crippen molar-refractivity contribution in [3.8, 4) is 11.5 Å². The number of imide groups is 1. The molecule has 3 amide bonds. The molecule has 0 fully saturated rings. The molecule has 14 heteroatoms. The number of urea groups is 1. The van der Waals surface area contributed by atoms with E-state index in [9.17, 15) is 37.8 Å². The number of hydrogen-bond acceptors (Lipinski definition) is 9. The highest BCUT2D eigenvalue weighted by Gasteiger charge is 2.30. The van der Waals surface area contributed by atoms with Gasteiger partial charge in [0.15, 0.2) is 5.78 Å². The quantitative estimate of drug-likeness (QED) is 0.0894. The van der Waals surface area contributed by atoms with Crippen molar-refractivity contribution < 1.29 is 37.8 Å². The van der Waals surface area contributed by atoms with Crippen molar-refractivity contribution in [3.63, 3.8) is 0 Å². The Morgan fingerprint density at radius 3 is 1.70 bits per heavy atom. The minimum atomic E-state index is -4.61. The number of nitrogens with one attached hydrogen (secondary N) is 2.